The summed E-state index contributed by atoms with van der Waals surface area (Å²) < 4.78 is 27.2. The first-order chi connectivity index (χ1) is 10.0. The molecule has 2 aromatic rings. The number of rotatable bonds is 5. The van der Waals surface area contributed by atoms with E-state index in [2.05, 4.69) is 4.98 Å². The highest BCUT2D eigenvalue weighted by atomic mass is 32.2. The number of sulfonamides is 1. The molecule has 21 heavy (non-hydrogen) atoms. The SMILES string of the molecule is CCN(c1ccncc1)S(=O)(=O)c1cc(CN)ccc1C. The molecule has 6 heteroatoms. The predicted octanol–water partition coefficient (Wildman–Crippen LogP) is 2.06. The normalized spacial score (nSPS) is 11.4. The lowest BCUT2D eigenvalue weighted by Crippen LogP contribution is -2.31. The molecule has 0 amide bonds. The maximum absolute atomic E-state index is 12.9. The molecule has 0 spiro atoms. The van der Waals surface area contributed by atoms with Crippen LogP contribution < -0.4 is 10.0 Å². The van der Waals surface area contributed by atoms with Gasteiger partial charge in [-0.1, -0.05) is 12.1 Å². The molecule has 2 N–H and O–H groups in total. The molecule has 5 nitrogen and oxygen atoms in total. The Morgan fingerprint density at radius 1 is 1.19 bits per heavy atom. The Morgan fingerprint density at radius 3 is 2.43 bits per heavy atom. The molecule has 0 aliphatic rings. The van der Waals surface area contributed by atoms with Gasteiger partial charge in [-0.2, -0.15) is 0 Å². The number of pyridine rings is 1. The zero-order chi connectivity index (χ0) is 15.5. The van der Waals surface area contributed by atoms with Crippen molar-refractivity contribution in [3.8, 4) is 0 Å². The van der Waals surface area contributed by atoms with Gasteiger partial charge in [0.25, 0.3) is 10.0 Å². The smallest absolute Gasteiger partial charge is 0.264 e. The van der Waals surface area contributed by atoms with E-state index in [0.29, 0.717) is 29.2 Å². The average Bonchev–Trinajstić information content (AvgIpc) is 2.49. The van der Waals surface area contributed by atoms with E-state index in [9.17, 15) is 8.42 Å². The fraction of sp³-hybridized carbons (Fsp3) is 0.267. The highest BCUT2D eigenvalue weighted by molar-refractivity contribution is 7.92. The Hall–Kier alpha value is -1.92. The largest absolute Gasteiger partial charge is 0.326 e. The van der Waals surface area contributed by atoms with Gasteiger partial charge in [0.1, 0.15) is 0 Å². The van der Waals surface area contributed by atoms with E-state index in [-0.39, 0.29) is 0 Å². The minimum absolute atomic E-state index is 0.295. The van der Waals surface area contributed by atoms with Crippen molar-refractivity contribution in [3.05, 3.63) is 53.9 Å². The lowest BCUT2D eigenvalue weighted by Gasteiger charge is -2.24. The van der Waals surface area contributed by atoms with Crippen molar-refractivity contribution in [2.45, 2.75) is 25.3 Å². The molecule has 2 rings (SSSR count). The van der Waals surface area contributed by atoms with Crippen molar-refractivity contribution >= 4 is 15.7 Å². The van der Waals surface area contributed by atoms with E-state index in [1.807, 2.05) is 6.07 Å². The van der Waals surface area contributed by atoms with Crippen molar-refractivity contribution in [1.29, 1.82) is 0 Å². The van der Waals surface area contributed by atoms with Crippen LogP contribution in [0.4, 0.5) is 5.69 Å². The van der Waals surface area contributed by atoms with E-state index in [4.69, 9.17) is 5.73 Å². The number of benzene rings is 1. The monoisotopic (exact) mass is 305 g/mol. The van der Waals surface area contributed by atoms with Crippen LogP contribution in [0.15, 0.2) is 47.6 Å². The zero-order valence-corrected chi connectivity index (χ0v) is 13.0. The van der Waals surface area contributed by atoms with E-state index >= 15 is 0 Å². The van der Waals surface area contributed by atoms with E-state index in [1.165, 1.54) is 4.31 Å². The van der Waals surface area contributed by atoms with Crippen LogP contribution in [0.3, 0.4) is 0 Å². The lowest BCUT2D eigenvalue weighted by atomic mass is 10.1. The number of nitrogens with zero attached hydrogens (tertiary/aromatic N) is 2. The number of anilines is 1. The fourth-order valence-corrected chi connectivity index (χ4v) is 3.92. The summed E-state index contributed by atoms with van der Waals surface area (Å²) in [7, 11) is -3.62. The Labute approximate surface area is 125 Å². The van der Waals surface area contributed by atoms with Gasteiger partial charge in [-0.3, -0.25) is 9.29 Å². The molecule has 0 aliphatic carbocycles. The second-order valence-electron chi connectivity index (χ2n) is 4.68. The summed E-state index contributed by atoms with van der Waals surface area (Å²) in [6.07, 6.45) is 3.16. The molecule has 1 aromatic carbocycles. The zero-order valence-electron chi connectivity index (χ0n) is 12.2. The lowest BCUT2D eigenvalue weighted by molar-refractivity contribution is 0.591. The van der Waals surface area contributed by atoms with Crippen LogP contribution in [0.25, 0.3) is 0 Å². The Balaban J connectivity index is 2.55. The quantitative estimate of drug-likeness (QED) is 0.917. The predicted molar refractivity (Wildman–Crippen MR) is 83.5 cm³/mol. The summed E-state index contributed by atoms with van der Waals surface area (Å²) in [6, 6.07) is 8.65. The van der Waals surface area contributed by atoms with Crippen LogP contribution in [-0.2, 0) is 16.6 Å². The molecule has 1 aromatic heterocycles. The molecular formula is C15H19N3O2S. The summed E-state index contributed by atoms with van der Waals surface area (Å²) in [6.45, 7) is 4.25. The van der Waals surface area contributed by atoms with Crippen molar-refractivity contribution in [2.75, 3.05) is 10.8 Å². The van der Waals surface area contributed by atoms with Crippen LogP contribution in [0, 0.1) is 6.92 Å². The van der Waals surface area contributed by atoms with Crippen LogP contribution in [0.1, 0.15) is 18.1 Å². The van der Waals surface area contributed by atoms with Gasteiger partial charge in [0.05, 0.1) is 10.6 Å². The molecule has 112 valence electrons. The molecule has 0 saturated heterocycles. The summed E-state index contributed by atoms with van der Waals surface area (Å²) >= 11 is 0. The molecule has 0 radical (unpaired) electrons. The molecule has 0 saturated carbocycles. The number of hydrogen-bond donors (Lipinski definition) is 1. The van der Waals surface area contributed by atoms with Gasteiger partial charge in [0, 0.05) is 25.5 Å². The highest BCUT2D eigenvalue weighted by Crippen LogP contribution is 2.25. The van der Waals surface area contributed by atoms with E-state index < -0.39 is 10.0 Å². The highest BCUT2D eigenvalue weighted by Gasteiger charge is 2.25. The molecule has 0 atom stereocenters. The van der Waals surface area contributed by atoms with Gasteiger partial charge < -0.3 is 5.73 Å². The topological polar surface area (TPSA) is 76.3 Å². The summed E-state index contributed by atoms with van der Waals surface area (Å²) in [5, 5.41) is 0. The Morgan fingerprint density at radius 2 is 1.86 bits per heavy atom. The van der Waals surface area contributed by atoms with Crippen molar-refractivity contribution in [1.82, 2.24) is 4.98 Å². The third-order valence-electron chi connectivity index (χ3n) is 3.29. The third-order valence-corrected chi connectivity index (χ3v) is 5.34. The van der Waals surface area contributed by atoms with E-state index in [0.717, 1.165) is 5.56 Å². The van der Waals surface area contributed by atoms with Crippen LogP contribution in [-0.4, -0.2) is 19.9 Å². The van der Waals surface area contributed by atoms with Gasteiger partial charge >= 0.3 is 0 Å². The molecule has 1 heterocycles. The Kier molecular flexibility index (Phi) is 4.59. The molecule has 0 fully saturated rings. The second-order valence-corrected chi connectivity index (χ2v) is 6.51. The van der Waals surface area contributed by atoms with Crippen molar-refractivity contribution < 1.29 is 8.42 Å². The number of aryl methyl sites for hydroxylation is 1. The van der Waals surface area contributed by atoms with Crippen LogP contribution in [0.5, 0.6) is 0 Å². The Bertz CT molecular complexity index is 715. The van der Waals surface area contributed by atoms with Gasteiger partial charge in [-0.05, 0) is 43.2 Å². The molecule has 0 unspecified atom stereocenters. The maximum atomic E-state index is 12.9. The molecule has 0 bridgehead atoms. The fourth-order valence-electron chi connectivity index (χ4n) is 2.17. The van der Waals surface area contributed by atoms with Gasteiger partial charge in [0.15, 0.2) is 0 Å². The molecular weight excluding hydrogens is 286 g/mol. The van der Waals surface area contributed by atoms with Gasteiger partial charge in [0.2, 0.25) is 0 Å². The van der Waals surface area contributed by atoms with Gasteiger partial charge in [-0.25, -0.2) is 8.42 Å². The maximum Gasteiger partial charge on any atom is 0.264 e. The summed E-state index contributed by atoms with van der Waals surface area (Å²) in [4.78, 5) is 4.22. The number of aromatic nitrogens is 1. The molecule has 0 aliphatic heterocycles. The van der Waals surface area contributed by atoms with Crippen LogP contribution in [0.2, 0.25) is 0 Å². The minimum atomic E-state index is -3.62. The standard InChI is InChI=1S/C15H19N3O2S/c1-3-18(14-6-8-17-9-7-14)21(19,20)15-10-13(11-16)5-4-12(15)2/h4-10H,3,11,16H2,1-2H3. The first-order valence-corrected chi connectivity index (χ1v) is 8.17. The van der Waals surface area contributed by atoms with E-state index in [1.54, 1.807) is 50.5 Å². The van der Waals surface area contributed by atoms with Crippen LogP contribution >= 0.6 is 0 Å². The summed E-state index contributed by atoms with van der Waals surface area (Å²) in [5.41, 5.74) is 7.72. The number of hydrogen-bond acceptors (Lipinski definition) is 4. The second kappa shape index (κ2) is 6.24. The first-order valence-electron chi connectivity index (χ1n) is 6.73. The van der Waals surface area contributed by atoms with Crippen molar-refractivity contribution in [2.24, 2.45) is 5.73 Å². The number of nitrogens with two attached hydrogens (primary N) is 1. The first kappa shape index (κ1) is 15.5. The van der Waals surface area contributed by atoms with Crippen molar-refractivity contribution in [3.63, 3.8) is 0 Å². The average molecular weight is 305 g/mol. The minimum Gasteiger partial charge on any atom is -0.326 e. The summed E-state index contributed by atoms with van der Waals surface area (Å²) in [5.74, 6) is 0. The third kappa shape index (κ3) is 3.06. The van der Waals surface area contributed by atoms with Gasteiger partial charge in [-0.15, -0.1) is 0 Å².